The van der Waals surface area contributed by atoms with Crippen LogP contribution in [0.1, 0.15) is 34.5 Å². The number of rotatable bonds is 6. The molecule has 9 nitrogen and oxygen atoms in total. The number of hydrogen-bond donors (Lipinski definition) is 2. The van der Waals surface area contributed by atoms with Gasteiger partial charge < -0.3 is 29.7 Å². The Balaban J connectivity index is 1.46. The fraction of sp³-hybridized carbons (Fsp3) is 0.320. The Morgan fingerprint density at radius 3 is 2.38 bits per heavy atom. The summed E-state index contributed by atoms with van der Waals surface area (Å²) in [4.78, 5) is 38.7. The van der Waals surface area contributed by atoms with Crippen LogP contribution in [0.2, 0.25) is 0 Å². The Bertz CT molecular complexity index is 1090. The summed E-state index contributed by atoms with van der Waals surface area (Å²) in [6.45, 7) is 4.10. The van der Waals surface area contributed by atoms with Crippen LogP contribution in [-0.2, 0) is 20.9 Å². The maximum Gasteiger partial charge on any atom is 0.337 e. The van der Waals surface area contributed by atoms with E-state index >= 15 is 0 Å². The maximum absolute atomic E-state index is 13.2. The van der Waals surface area contributed by atoms with Crippen LogP contribution < -0.4 is 15.4 Å². The number of methoxy groups -OCH3 is 1. The Morgan fingerprint density at radius 1 is 1.06 bits per heavy atom. The molecule has 2 aliphatic rings. The van der Waals surface area contributed by atoms with Gasteiger partial charge in [-0.15, -0.1) is 0 Å². The van der Waals surface area contributed by atoms with E-state index in [4.69, 9.17) is 14.2 Å². The third kappa shape index (κ3) is 5.20. The number of ether oxygens (including phenoxy) is 3. The van der Waals surface area contributed by atoms with Gasteiger partial charge in [-0.3, -0.25) is 4.79 Å². The van der Waals surface area contributed by atoms with E-state index in [0.717, 1.165) is 11.1 Å². The molecule has 1 fully saturated rings. The molecule has 1 saturated heterocycles. The van der Waals surface area contributed by atoms with Crippen molar-refractivity contribution in [3.05, 3.63) is 76.5 Å². The zero-order valence-electron chi connectivity index (χ0n) is 19.1. The SMILES string of the molecule is COC(=O)c1ccc(COc2ccc(C3NC(=O)NC(C)=C3C(=O)N3CCOCC3)cc2)cc1. The van der Waals surface area contributed by atoms with E-state index in [1.165, 1.54) is 7.11 Å². The Morgan fingerprint density at radius 2 is 1.74 bits per heavy atom. The molecule has 34 heavy (non-hydrogen) atoms. The largest absolute Gasteiger partial charge is 0.489 e. The number of allylic oxidation sites excluding steroid dienone is 1. The predicted molar refractivity (Wildman–Crippen MR) is 123 cm³/mol. The predicted octanol–water partition coefficient (Wildman–Crippen LogP) is 2.54. The first kappa shape index (κ1) is 23.3. The molecule has 0 radical (unpaired) electrons. The van der Waals surface area contributed by atoms with Crippen molar-refractivity contribution in [2.45, 2.75) is 19.6 Å². The highest BCUT2D eigenvalue weighted by molar-refractivity contribution is 5.98. The monoisotopic (exact) mass is 465 g/mol. The first-order valence-corrected chi connectivity index (χ1v) is 11.0. The molecule has 2 aliphatic heterocycles. The van der Waals surface area contributed by atoms with E-state index in [1.54, 1.807) is 36.1 Å². The molecule has 4 rings (SSSR count). The number of carbonyl (C=O) groups is 3. The zero-order chi connectivity index (χ0) is 24.1. The van der Waals surface area contributed by atoms with Gasteiger partial charge in [0, 0.05) is 18.8 Å². The van der Waals surface area contributed by atoms with Crippen LogP contribution in [0.3, 0.4) is 0 Å². The Hall–Kier alpha value is -3.85. The average Bonchev–Trinajstić information content (AvgIpc) is 2.87. The lowest BCUT2D eigenvalue weighted by Crippen LogP contribution is -2.49. The lowest BCUT2D eigenvalue weighted by molar-refractivity contribution is -0.131. The van der Waals surface area contributed by atoms with E-state index < -0.39 is 6.04 Å². The number of esters is 1. The zero-order valence-corrected chi connectivity index (χ0v) is 19.1. The molecule has 2 N–H and O–H groups in total. The standard InChI is InChI=1S/C25H27N3O6/c1-16-21(23(29)28-11-13-33-14-12-28)22(27-25(31)26-16)18-7-9-20(10-8-18)34-15-17-3-5-19(6-4-17)24(30)32-2/h3-10,22H,11-15H2,1-2H3,(H2,26,27,31). The summed E-state index contributed by atoms with van der Waals surface area (Å²) in [6, 6.07) is 13.4. The highest BCUT2D eigenvalue weighted by Crippen LogP contribution is 2.29. The summed E-state index contributed by atoms with van der Waals surface area (Å²) in [5.41, 5.74) is 3.21. The first-order chi connectivity index (χ1) is 16.5. The molecular formula is C25H27N3O6. The summed E-state index contributed by atoms with van der Waals surface area (Å²) in [5, 5.41) is 5.58. The normalized spacial score (nSPS) is 18.1. The summed E-state index contributed by atoms with van der Waals surface area (Å²) in [6.07, 6.45) is 0. The van der Waals surface area contributed by atoms with Crippen molar-refractivity contribution >= 4 is 17.9 Å². The highest BCUT2D eigenvalue weighted by Gasteiger charge is 2.34. The van der Waals surface area contributed by atoms with Crippen molar-refractivity contribution in [3.8, 4) is 5.75 Å². The lowest BCUT2D eigenvalue weighted by Gasteiger charge is -2.34. The molecule has 0 aliphatic carbocycles. The quantitative estimate of drug-likeness (QED) is 0.635. The number of carbonyl (C=O) groups excluding carboxylic acids is 3. The van der Waals surface area contributed by atoms with Crippen molar-refractivity contribution in [1.29, 1.82) is 0 Å². The minimum Gasteiger partial charge on any atom is -0.489 e. The molecule has 1 unspecified atom stereocenters. The van der Waals surface area contributed by atoms with Crippen molar-refractivity contribution in [1.82, 2.24) is 15.5 Å². The van der Waals surface area contributed by atoms with E-state index in [-0.39, 0.29) is 17.9 Å². The van der Waals surface area contributed by atoms with Crippen LogP contribution in [0, 0.1) is 0 Å². The second-order valence-corrected chi connectivity index (χ2v) is 8.02. The van der Waals surface area contributed by atoms with Crippen LogP contribution in [0.4, 0.5) is 4.79 Å². The smallest absolute Gasteiger partial charge is 0.337 e. The number of morpholine rings is 1. The van der Waals surface area contributed by atoms with E-state index in [9.17, 15) is 14.4 Å². The summed E-state index contributed by atoms with van der Waals surface area (Å²) in [5.74, 6) is 0.139. The molecule has 2 aromatic rings. The summed E-state index contributed by atoms with van der Waals surface area (Å²) >= 11 is 0. The topological polar surface area (TPSA) is 106 Å². The van der Waals surface area contributed by atoms with Gasteiger partial charge in [0.15, 0.2) is 0 Å². The Labute approximate surface area is 197 Å². The molecule has 178 valence electrons. The first-order valence-electron chi connectivity index (χ1n) is 11.0. The number of nitrogens with one attached hydrogen (secondary N) is 2. The van der Waals surface area contributed by atoms with Gasteiger partial charge in [-0.25, -0.2) is 9.59 Å². The van der Waals surface area contributed by atoms with Gasteiger partial charge >= 0.3 is 12.0 Å². The number of benzene rings is 2. The molecule has 1 atom stereocenters. The molecular weight excluding hydrogens is 438 g/mol. The van der Waals surface area contributed by atoms with Gasteiger partial charge in [-0.05, 0) is 42.3 Å². The Kier molecular flexibility index (Phi) is 7.12. The van der Waals surface area contributed by atoms with E-state index in [2.05, 4.69) is 10.6 Å². The number of nitrogens with zero attached hydrogens (tertiary/aromatic N) is 1. The van der Waals surface area contributed by atoms with Gasteiger partial charge in [0.05, 0.1) is 37.5 Å². The lowest BCUT2D eigenvalue weighted by atomic mass is 9.94. The fourth-order valence-electron chi connectivity index (χ4n) is 3.94. The molecule has 9 heteroatoms. The van der Waals surface area contributed by atoms with Crippen LogP contribution in [0.15, 0.2) is 59.8 Å². The van der Waals surface area contributed by atoms with Crippen LogP contribution in [0.25, 0.3) is 0 Å². The van der Waals surface area contributed by atoms with Gasteiger partial charge in [-0.2, -0.15) is 0 Å². The number of amides is 3. The van der Waals surface area contributed by atoms with Gasteiger partial charge in [0.25, 0.3) is 5.91 Å². The number of urea groups is 1. The summed E-state index contributed by atoms with van der Waals surface area (Å²) < 4.78 is 15.9. The second kappa shape index (κ2) is 10.4. The third-order valence-electron chi connectivity index (χ3n) is 5.79. The van der Waals surface area contributed by atoms with Gasteiger partial charge in [0.1, 0.15) is 12.4 Å². The van der Waals surface area contributed by atoms with Crippen molar-refractivity contribution < 1.29 is 28.6 Å². The third-order valence-corrected chi connectivity index (χ3v) is 5.79. The molecule has 2 heterocycles. The molecule has 3 amide bonds. The van der Waals surface area contributed by atoms with E-state index in [1.807, 2.05) is 24.3 Å². The van der Waals surface area contributed by atoms with Crippen LogP contribution in [0.5, 0.6) is 5.75 Å². The minimum absolute atomic E-state index is 0.117. The van der Waals surface area contributed by atoms with Crippen LogP contribution >= 0.6 is 0 Å². The van der Waals surface area contributed by atoms with Crippen molar-refractivity contribution in [2.24, 2.45) is 0 Å². The maximum atomic E-state index is 13.2. The van der Waals surface area contributed by atoms with Gasteiger partial charge in [-0.1, -0.05) is 24.3 Å². The average molecular weight is 466 g/mol. The van der Waals surface area contributed by atoms with E-state index in [0.29, 0.717) is 55.5 Å². The molecule has 2 aromatic carbocycles. The molecule has 0 spiro atoms. The van der Waals surface area contributed by atoms with Crippen molar-refractivity contribution in [3.63, 3.8) is 0 Å². The fourth-order valence-corrected chi connectivity index (χ4v) is 3.94. The minimum atomic E-state index is -0.566. The van der Waals surface area contributed by atoms with Crippen LogP contribution in [-0.4, -0.2) is 56.2 Å². The second-order valence-electron chi connectivity index (χ2n) is 8.02. The van der Waals surface area contributed by atoms with Gasteiger partial charge in [0.2, 0.25) is 0 Å². The number of hydrogen-bond acceptors (Lipinski definition) is 6. The highest BCUT2D eigenvalue weighted by atomic mass is 16.5. The molecule has 0 bridgehead atoms. The summed E-state index contributed by atoms with van der Waals surface area (Å²) in [7, 11) is 1.34. The molecule has 0 aromatic heterocycles. The van der Waals surface area contributed by atoms with Crippen molar-refractivity contribution in [2.75, 3.05) is 33.4 Å². The molecule has 0 saturated carbocycles.